The Kier molecular flexibility index (Phi) is 8.27. The average Bonchev–Trinajstić information content (AvgIpc) is 3.43. The van der Waals surface area contributed by atoms with Crippen LogP contribution in [0.4, 0.5) is 8.78 Å². The van der Waals surface area contributed by atoms with Gasteiger partial charge in [-0.25, -0.2) is 17.2 Å². The van der Waals surface area contributed by atoms with Crippen LogP contribution in [0.15, 0.2) is 65.6 Å². The molecule has 0 aromatic heterocycles. The van der Waals surface area contributed by atoms with Crippen LogP contribution in [-0.4, -0.2) is 66.6 Å². The first-order valence-electron chi connectivity index (χ1n) is 14.2. The molecule has 2 saturated heterocycles. The number of nitrogens with zero attached hydrogens (tertiary/aromatic N) is 3. The highest BCUT2D eigenvalue weighted by Crippen LogP contribution is 2.34. The summed E-state index contributed by atoms with van der Waals surface area (Å²) in [6, 6.07) is 16.3. The SMILES string of the molecule is O=C1CCC(N2Cc3cccc(OCc4ccc(CN5CCN(S(=O)(=O)c6ccc(F)c(F)c6)CC5)cc4)c3C2)C(=O)N1. The summed E-state index contributed by atoms with van der Waals surface area (Å²) in [5.74, 6) is -1.93. The first-order valence-corrected chi connectivity index (χ1v) is 15.7. The van der Waals surface area contributed by atoms with Crippen molar-refractivity contribution < 1.29 is 31.5 Å². The van der Waals surface area contributed by atoms with Crippen LogP contribution in [0, 0.1) is 11.6 Å². The summed E-state index contributed by atoms with van der Waals surface area (Å²) < 4.78 is 60.1. The number of imide groups is 1. The van der Waals surface area contributed by atoms with E-state index >= 15 is 0 Å². The molecule has 3 aliphatic heterocycles. The van der Waals surface area contributed by atoms with Crippen LogP contribution in [0.25, 0.3) is 0 Å². The molecule has 3 aromatic rings. The van der Waals surface area contributed by atoms with E-state index in [2.05, 4.69) is 15.1 Å². The number of hydrogen-bond acceptors (Lipinski definition) is 7. The molecule has 1 N–H and O–H groups in total. The number of ether oxygens (including phenoxy) is 1. The van der Waals surface area contributed by atoms with E-state index < -0.39 is 21.7 Å². The maximum absolute atomic E-state index is 13.6. The molecule has 0 saturated carbocycles. The van der Waals surface area contributed by atoms with Gasteiger partial charge in [0.1, 0.15) is 12.4 Å². The number of carbonyl (C=O) groups excluding carboxylic acids is 2. The lowest BCUT2D eigenvalue weighted by atomic mass is 10.0. The zero-order chi connectivity index (χ0) is 30.1. The molecule has 1 atom stereocenters. The van der Waals surface area contributed by atoms with Crippen molar-refractivity contribution in [2.45, 2.75) is 50.0 Å². The first kappa shape index (κ1) is 29.4. The van der Waals surface area contributed by atoms with E-state index in [1.807, 2.05) is 42.5 Å². The fourth-order valence-corrected chi connectivity index (χ4v) is 7.31. The topological polar surface area (TPSA) is 99.3 Å². The van der Waals surface area contributed by atoms with Gasteiger partial charge >= 0.3 is 0 Å². The summed E-state index contributed by atoms with van der Waals surface area (Å²) in [7, 11) is -3.90. The van der Waals surface area contributed by atoms with Crippen molar-refractivity contribution in [2.24, 2.45) is 0 Å². The van der Waals surface area contributed by atoms with Gasteiger partial charge in [0.15, 0.2) is 11.6 Å². The Morgan fingerprint density at radius 2 is 1.63 bits per heavy atom. The van der Waals surface area contributed by atoms with Crippen molar-refractivity contribution in [1.29, 1.82) is 0 Å². The van der Waals surface area contributed by atoms with E-state index in [9.17, 15) is 26.8 Å². The largest absolute Gasteiger partial charge is 0.489 e. The lowest BCUT2D eigenvalue weighted by Crippen LogP contribution is -2.50. The summed E-state index contributed by atoms with van der Waals surface area (Å²) in [4.78, 5) is 27.9. The Labute approximate surface area is 249 Å². The minimum absolute atomic E-state index is 0.219. The van der Waals surface area contributed by atoms with Gasteiger partial charge in [0.05, 0.1) is 10.9 Å². The molecule has 2 fully saturated rings. The smallest absolute Gasteiger partial charge is 0.243 e. The number of piperidine rings is 1. The Hall–Kier alpha value is -3.71. The third-order valence-corrected chi connectivity index (χ3v) is 10.2. The molecule has 0 aliphatic carbocycles. The third-order valence-electron chi connectivity index (χ3n) is 8.30. The number of rotatable bonds is 8. The van der Waals surface area contributed by atoms with Crippen LogP contribution in [0.2, 0.25) is 0 Å². The molecule has 226 valence electrons. The van der Waals surface area contributed by atoms with Crippen molar-refractivity contribution >= 4 is 21.8 Å². The van der Waals surface area contributed by atoms with Crippen molar-refractivity contribution in [3.63, 3.8) is 0 Å². The van der Waals surface area contributed by atoms with Gasteiger partial charge in [0, 0.05) is 57.8 Å². The molecule has 3 heterocycles. The van der Waals surface area contributed by atoms with E-state index in [1.165, 1.54) is 4.31 Å². The Balaban J connectivity index is 1.00. The second-order valence-electron chi connectivity index (χ2n) is 11.1. The number of sulfonamides is 1. The molecule has 0 radical (unpaired) electrons. The highest BCUT2D eigenvalue weighted by molar-refractivity contribution is 7.89. The predicted octanol–water partition coefficient (Wildman–Crippen LogP) is 3.17. The first-order chi connectivity index (χ1) is 20.7. The van der Waals surface area contributed by atoms with Crippen LogP contribution in [0.5, 0.6) is 5.75 Å². The molecular formula is C31H32F2N4O5S. The normalized spacial score (nSPS) is 20.2. The summed E-state index contributed by atoms with van der Waals surface area (Å²) in [5.41, 5.74) is 4.27. The maximum atomic E-state index is 13.6. The Morgan fingerprint density at radius 1 is 0.884 bits per heavy atom. The number of fused-ring (bicyclic) bond motifs is 1. The van der Waals surface area contributed by atoms with Crippen LogP contribution in [0.3, 0.4) is 0 Å². The van der Waals surface area contributed by atoms with Gasteiger partial charge in [-0.15, -0.1) is 0 Å². The standard InChI is InChI=1S/C31H32F2N4O5S/c32-26-9-8-24(16-27(26)33)43(40,41)37-14-12-35(13-15-37)17-21-4-6-22(7-5-21)20-42-29-3-1-2-23-18-36(19-25(23)29)28-10-11-30(38)34-31(28)39/h1-9,16,28H,10-15,17-20H2,(H,34,38,39). The van der Waals surface area contributed by atoms with Crippen LogP contribution in [0.1, 0.15) is 35.1 Å². The van der Waals surface area contributed by atoms with E-state index in [0.29, 0.717) is 52.2 Å². The van der Waals surface area contributed by atoms with Crippen molar-refractivity contribution in [3.05, 3.63) is 94.6 Å². The van der Waals surface area contributed by atoms with Crippen molar-refractivity contribution in [2.75, 3.05) is 26.2 Å². The number of hydrogen-bond donors (Lipinski definition) is 1. The number of piperazine rings is 1. The van der Waals surface area contributed by atoms with E-state index in [-0.39, 0.29) is 35.8 Å². The summed E-state index contributed by atoms with van der Waals surface area (Å²) in [6.45, 7) is 3.82. The van der Waals surface area contributed by atoms with Gasteiger partial charge in [-0.3, -0.25) is 24.7 Å². The zero-order valence-electron chi connectivity index (χ0n) is 23.5. The van der Waals surface area contributed by atoms with E-state index in [1.54, 1.807) is 0 Å². The van der Waals surface area contributed by atoms with E-state index in [0.717, 1.165) is 46.2 Å². The van der Waals surface area contributed by atoms with E-state index in [4.69, 9.17) is 4.74 Å². The van der Waals surface area contributed by atoms with Gasteiger partial charge < -0.3 is 4.74 Å². The maximum Gasteiger partial charge on any atom is 0.243 e. The predicted molar refractivity (Wildman–Crippen MR) is 153 cm³/mol. The van der Waals surface area contributed by atoms with Crippen LogP contribution < -0.4 is 10.1 Å². The molecule has 1 unspecified atom stereocenters. The quantitative estimate of drug-likeness (QED) is 0.392. The Bertz CT molecular complexity index is 1640. The monoisotopic (exact) mass is 610 g/mol. The minimum Gasteiger partial charge on any atom is -0.489 e. The molecule has 0 bridgehead atoms. The molecule has 3 aliphatic rings. The molecule has 9 nitrogen and oxygen atoms in total. The molecular weight excluding hydrogens is 578 g/mol. The van der Waals surface area contributed by atoms with Gasteiger partial charge in [0.25, 0.3) is 0 Å². The Morgan fingerprint density at radius 3 is 2.35 bits per heavy atom. The molecule has 2 amide bonds. The molecule has 43 heavy (non-hydrogen) atoms. The van der Waals surface area contributed by atoms with Gasteiger partial charge in [-0.2, -0.15) is 4.31 Å². The van der Waals surface area contributed by atoms with Crippen molar-refractivity contribution in [1.82, 2.24) is 19.4 Å². The lowest BCUT2D eigenvalue weighted by Gasteiger charge is -2.34. The number of benzene rings is 3. The van der Waals surface area contributed by atoms with Crippen LogP contribution >= 0.6 is 0 Å². The number of halogens is 2. The number of amides is 2. The molecule has 6 rings (SSSR count). The highest BCUT2D eigenvalue weighted by Gasteiger charge is 2.35. The van der Waals surface area contributed by atoms with Gasteiger partial charge in [-0.1, -0.05) is 36.4 Å². The van der Waals surface area contributed by atoms with Gasteiger partial charge in [0.2, 0.25) is 21.8 Å². The molecule has 0 spiro atoms. The summed E-state index contributed by atoms with van der Waals surface area (Å²) in [6.07, 6.45) is 0.869. The summed E-state index contributed by atoms with van der Waals surface area (Å²) >= 11 is 0. The van der Waals surface area contributed by atoms with Crippen molar-refractivity contribution in [3.8, 4) is 5.75 Å². The third kappa shape index (κ3) is 6.32. The van der Waals surface area contributed by atoms with Gasteiger partial charge in [-0.05, 0) is 47.4 Å². The zero-order valence-corrected chi connectivity index (χ0v) is 24.3. The number of carbonyl (C=O) groups is 2. The molecule has 12 heteroatoms. The number of nitrogens with one attached hydrogen (secondary N) is 1. The molecule has 3 aromatic carbocycles. The average molecular weight is 611 g/mol. The minimum atomic E-state index is -3.90. The second-order valence-corrected chi connectivity index (χ2v) is 13.1. The second kappa shape index (κ2) is 12.1. The lowest BCUT2D eigenvalue weighted by molar-refractivity contribution is -0.137. The van der Waals surface area contributed by atoms with Crippen LogP contribution in [-0.2, 0) is 45.9 Å². The highest BCUT2D eigenvalue weighted by atomic mass is 32.2. The fraction of sp³-hybridized carbons (Fsp3) is 0.355. The fourth-order valence-electron chi connectivity index (χ4n) is 5.88. The summed E-state index contributed by atoms with van der Waals surface area (Å²) in [5, 5.41) is 2.44.